The number of esters is 1. The van der Waals surface area contributed by atoms with E-state index >= 15 is 0 Å². The smallest absolute Gasteiger partial charge is 0.409 e. The first-order valence-electron chi connectivity index (χ1n) is 15.0. The first kappa shape index (κ1) is 36.0. The number of rotatable bonds is 10. The first-order valence-corrected chi connectivity index (χ1v) is 15.0. The van der Waals surface area contributed by atoms with Gasteiger partial charge in [0.15, 0.2) is 0 Å². The number of cyclic esters (lactones) is 1. The van der Waals surface area contributed by atoms with Crippen molar-refractivity contribution in [2.75, 3.05) is 21.2 Å². The van der Waals surface area contributed by atoms with Crippen molar-refractivity contribution in [3.63, 3.8) is 0 Å². The molecule has 11 unspecified atom stereocenters. The van der Waals surface area contributed by atoms with Gasteiger partial charge in [0, 0.05) is 39.0 Å². The van der Waals surface area contributed by atoms with Gasteiger partial charge in [-0.3, -0.25) is 4.79 Å². The molecule has 0 aliphatic carbocycles. The predicted octanol–water partition coefficient (Wildman–Crippen LogP) is 3.78. The summed E-state index contributed by atoms with van der Waals surface area (Å²) < 4.78 is 22.7. The van der Waals surface area contributed by atoms with Crippen LogP contribution in [0.3, 0.4) is 0 Å². The number of aliphatic hydroxyl groups excluding tert-OH is 2. The Balaban J connectivity index is 2.17. The van der Waals surface area contributed by atoms with E-state index in [1.54, 1.807) is 27.3 Å². The minimum Gasteiger partial charge on any atom is -0.457 e. The topological polar surface area (TPSA) is 138 Å². The zero-order valence-electron chi connectivity index (χ0n) is 26.7. The maximum atomic E-state index is 13.0. The van der Waals surface area contributed by atoms with Crippen molar-refractivity contribution in [2.45, 2.75) is 116 Å². The second kappa shape index (κ2) is 16.0. The lowest BCUT2D eigenvalue weighted by Crippen LogP contribution is -2.40. The lowest BCUT2D eigenvalue weighted by atomic mass is 9.89. The van der Waals surface area contributed by atoms with Crippen molar-refractivity contribution in [3.8, 4) is 0 Å². The van der Waals surface area contributed by atoms with E-state index in [1.165, 1.54) is 17.9 Å². The molecule has 2 aliphatic rings. The lowest BCUT2D eigenvalue weighted by Gasteiger charge is -2.31. The van der Waals surface area contributed by atoms with Crippen LogP contribution in [0.5, 0.6) is 0 Å². The highest BCUT2D eigenvalue weighted by Crippen LogP contribution is 2.37. The van der Waals surface area contributed by atoms with Crippen molar-refractivity contribution in [3.05, 3.63) is 36.0 Å². The Hall–Kier alpha value is -2.24. The lowest BCUT2D eigenvalue weighted by molar-refractivity contribution is -0.151. The van der Waals surface area contributed by atoms with Gasteiger partial charge in [0.25, 0.3) is 0 Å². The van der Waals surface area contributed by atoms with Crippen LogP contribution >= 0.6 is 0 Å². The fraction of sp³-hybridized carbons (Fsp3) is 0.750. The van der Waals surface area contributed by atoms with E-state index in [4.69, 9.17) is 18.9 Å². The molecule has 3 N–H and O–H groups in total. The Morgan fingerprint density at radius 1 is 1.26 bits per heavy atom. The SMILES string of the molecule is CCC(OC)C(C)C1OC1C(O)C(C)/C=C/C=C(\C)C1OC(=O)CC(OC(=O)N(C)C)CCC(C)(O)C(O)/C=C/C1C. The number of nitrogens with zero attached hydrogens (tertiary/aromatic N) is 1. The maximum absolute atomic E-state index is 13.0. The molecule has 0 saturated carbocycles. The molecule has 2 rings (SSSR count). The van der Waals surface area contributed by atoms with E-state index in [-0.39, 0.29) is 55.3 Å². The molecular formula is C32H53NO9. The number of ether oxygens (including phenoxy) is 4. The van der Waals surface area contributed by atoms with Gasteiger partial charge in [-0.25, -0.2) is 4.79 Å². The number of carbonyl (C=O) groups is 2. The first-order chi connectivity index (χ1) is 19.6. The molecule has 0 aromatic rings. The van der Waals surface area contributed by atoms with Crippen LogP contribution < -0.4 is 0 Å². The molecule has 2 aliphatic heterocycles. The van der Waals surface area contributed by atoms with Gasteiger partial charge in [-0.05, 0) is 38.7 Å². The summed E-state index contributed by atoms with van der Waals surface area (Å²) in [6.07, 6.45) is 5.60. The average molecular weight is 596 g/mol. The van der Waals surface area contributed by atoms with Gasteiger partial charge >= 0.3 is 12.1 Å². The van der Waals surface area contributed by atoms with Crippen molar-refractivity contribution in [1.82, 2.24) is 4.90 Å². The van der Waals surface area contributed by atoms with Gasteiger partial charge in [0.1, 0.15) is 24.4 Å². The number of aliphatic hydroxyl groups is 3. The highest BCUT2D eigenvalue weighted by atomic mass is 16.6. The summed E-state index contributed by atoms with van der Waals surface area (Å²) in [4.78, 5) is 26.5. The summed E-state index contributed by atoms with van der Waals surface area (Å²) in [6, 6.07) is 0. The molecule has 240 valence electrons. The van der Waals surface area contributed by atoms with Crippen LogP contribution in [0.2, 0.25) is 0 Å². The third-order valence-electron chi connectivity index (χ3n) is 8.44. The largest absolute Gasteiger partial charge is 0.457 e. The number of hydrogen-bond acceptors (Lipinski definition) is 9. The Morgan fingerprint density at radius 2 is 1.93 bits per heavy atom. The zero-order chi connectivity index (χ0) is 31.8. The predicted molar refractivity (Wildman–Crippen MR) is 160 cm³/mol. The number of epoxide rings is 1. The Labute approximate surface area is 251 Å². The summed E-state index contributed by atoms with van der Waals surface area (Å²) >= 11 is 0. The fourth-order valence-corrected chi connectivity index (χ4v) is 5.32. The maximum Gasteiger partial charge on any atom is 0.409 e. The molecule has 11 atom stereocenters. The van der Waals surface area contributed by atoms with Gasteiger partial charge in [0.2, 0.25) is 0 Å². The minimum atomic E-state index is -1.48. The van der Waals surface area contributed by atoms with Crippen LogP contribution in [0.25, 0.3) is 0 Å². The van der Waals surface area contributed by atoms with Gasteiger partial charge in [-0.15, -0.1) is 0 Å². The molecule has 1 fully saturated rings. The summed E-state index contributed by atoms with van der Waals surface area (Å²) in [5, 5.41) is 32.4. The number of carbonyl (C=O) groups excluding carboxylic acids is 2. The molecule has 0 aromatic heterocycles. The molecule has 0 radical (unpaired) electrons. The third-order valence-corrected chi connectivity index (χ3v) is 8.44. The molecule has 1 amide bonds. The molecule has 2 heterocycles. The zero-order valence-corrected chi connectivity index (χ0v) is 26.7. The van der Waals surface area contributed by atoms with Crippen LogP contribution in [0.15, 0.2) is 36.0 Å². The van der Waals surface area contributed by atoms with E-state index in [1.807, 2.05) is 39.0 Å². The molecule has 0 spiro atoms. The molecule has 1 saturated heterocycles. The van der Waals surface area contributed by atoms with Crippen LogP contribution in [0.4, 0.5) is 4.79 Å². The molecule has 0 aromatic carbocycles. The number of methoxy groups -OCH3 is 1. The third kappa shape index (κ3) is 10.2. The van der Waals surface area contributed by atoms with Gasteiger partial charge in [-0.1, -0.05) is 58.1 Å². The van der Waals surface area contributed by atoms with Crippen LogP contribution in [-0.4, -0.2) is 102 Å². The van der Waals surface area contributed by atoms with Crippen LogP contribution in [0.1, 0.15) is 67.2 Å². The molecular weight excluding hydrogens is 542 g/mol. The van der Waals surface area contributed by atoms with Crippen LogP contribution in [0, 0.1) is 17.8 Å². The van der Waals surface area contributed by atoms with Gasteiger partial charge < -0.3 is 39.2 Å². The summed E-state index contributed by atoms with van der Waals surface area (Å²) in [5.74, 6) is -0.870. The highest BCUT2D eigenvalue weighted by Gasteiger charge is 2.50. The summed E-state index contributed by atoms with van der Waals surface area (Å²) in [7, 11) is 4.78. The van der Waals surface area contributed by atoms with E-state index in [0.29, 0.717) is 0 Å². The number of allylic oxidation sites excluding steroid dienone is 2. The van der Waals surface area contributed by atoms with Crippen molar-refractivity contribution < 1.29 is 43.9 Å². The number of amides is 1. The van der Waals surface area contributed by atoms with Gasteiger partial charge in [-0.2, -0.15) is 0 Å². The van der Waals surface area contributed by atoms with E-state index in [0.717, 1.165) is 12.0 Å². The molecule has 0 bridgehead atoms. The minimum absolute atomic E-state index is 0.0433. The Bertz CT molecular complexity index is 971. The monoisotopic (exact) mass is 595 g/mol. The average Bonchev–Trinajstić information content (AvgIpc) is 3.73. The van der Waals surface area contributed by atoms with Crippen molar-refractivity contribution >= 4 is 12.1 Å². The summed E-state index contributed by atoms with van der Waals surface area (Å²) in [6.45, 7) is 11.3. The van der Waals surface area contributed by atoms with Gasteiger partial charge in [0.05, 0.1) is 30.3 Å². The van der Waals surface area contributed by atoms with E-state index in [2.05, 4.69) is 13.8 Å². The Kier molecular flexibility index (Phi) is 13.7. The Morgan fingerprint density at radius 3 is 2.52 bits per heavy atom. The fourth-order valence-electron chi connectivity index (χ4n) is 5.32. The molecule has 10 heteroatoms. The molecule has 10 nitrogen and oxygen atoms in total. The van der Waals surface area contributed by atoms with Crippen molar-refractivity contribution in [2.24, 2.45) is 17.8 Å². The quantitative estimate of drug-likeness (QED) is 0.149. The second-order valence-electron chi connectivity index (χ2n) is 12.4. The van der Waals surface area contributed by atoms with Crippen LogP contribution in [-0.2, 0) is 23.7 Å². The second-order valence-corrected chi connectivity index (χ2v) is 12.4. The number of hydrogen-bond donors (Lipinski definition) is 3. The standard InChI is InChI=1S/C32H53NO9/c1-10-24(39-9)22(5)29-30(42-29)27(36)19(2)12-11-13-20(3)28-21(4)14-15-25(34)32(6,38)17-16-23(18-26(35)41-28)40-31(37)33(7)8/h11-15,19,21-25,27-30,34,36,38H,10,16-18H2,1-9H3/b12-11+,15-14+,20-13+. The summed E-state index contributed by atoms with van der Waals surface area (Å²) in [5.41, 5.74) is -0.732. The van der Waals surface area contributed by atoms with E-state index < -0.39 is 42.1 Å². The molecule has 42 heavy (non-hydrogen) atoms. The van der Waals surface area contributed by atoms with E-state index in [9.17, 15) is 24.9 Å². The van der Waals surface area contributed by atoms with Crippen molar-refractivity contribution in [1.29, 1.82) is 0 Å². The highest BCUT2D eigenvalue weighted by molar-refractivity contribution is 5.72. The normalized spacial score (nSPS) is 34.8.